The topological polar surface area (TPSA) is 39.2 Å². The molecule has 2 nitrogen and oxygen atoms in total. The number of hydrogen-bond acceptors (Lipinski definition) is 2. The normalized spacial score (nSPS) is 11.1. The third-order valence-corrected chi connectivity index (χ3v) is 3.88. The number of benzene rings is 2. The van der Waals surface area contributed by atoms with Crippen LogP contribution in [0.3, 0.4) is 0 Å². The van der Waals surface area contributed by atoms with Crippen molar-refractivity contribution in [3.63, 3.8) is 0 Å². The van der Waals surface area contributed by atoms with Gasteiger partial charge >= 0.3 is 0 Å². The van der Waals surface area contributed by atoms with Gasteiger partial charge in [0.25, 0.3) is 0 Å². The monoisotopic (exact) mass is 279 g/mol. The molecule has 0 spiro atoms. The maximum absolute atomic E-state index is 5.88. The Kier molecular flexibility index (Phi) is 4.07. The van der Waals surface area contributed by atoms with E-state index in [1.54, 1.807) is 0 Å². The molecule has 0 aliphatic carbocycles. The maximum atomic E-state index is 5.88. The molecule has 0 atom stereocenters. The molecule has 21 heavy (non-hydrogen) atoms. The third kappa shape index (κ3) is 2.86. The minimum atomic E-state index is 0.470. The van der Waals surface area contributed by atoms with Crippen molar-refractivity contribution >= 4 is 11.0 Å². The smallest absolute Gasteiger partial charge is 0.134 e. The minimum absolute atomic E-state index is 0.470. The van der Waals surface area contributed by atoms with Gasteiger partial charge in [0.2, 0.25) is 0 Å². The number of rotatable bonds is 5. The first-order valence-electron chi connectivity index (χ1n) is 7.59. The molecule has 0 amide bonds. The van der Waals surface area contributed by atoms with Crippen molar-refractivity contribution in [3.8, 4) is 0 Å². The maximum Gasteiger partial charge on any atom is 0.134 e. The van der Waals surface area contributed by atoms with Crippen LogP contribution in [0.25, 0.3) is 11.0 Å². The molecule has 2 heteroatoms. The largest absolute Gasteiger partial charge is 0.459 e. The van der Waals surface area contributed by atoms with Gasteiger partial charge in [-0.3, -0.25) is 0 Å². The van der Waals surface area contributed by atoms with Crippen LogP contribution >= 0.6 is 0 Å². The second kappa shape index (κ2) is 6.15. The Balaban J connectivity index is 2.00. The Morgan fingerprint density at radius 3 is 2.52 bits per heavy atom. The summed E-state index contributed by atoms with van der Waals surface area (Å²) < 4.78 is 5.88. The lowest BCUT2D eigenvalue weighted by Gasteiger charge is -2.03. The molecular formula is C19H21NO. The van der Waals surface area contributed by atoms with Crippen LogP contribution in [-0.2, 0) is 19.4 Å². The molecule has 0 saturated carbocycles. The summed E-state index contributed by atoms with van der Waals surface area (Å²) in [5.41, 5.74) is 10.7. The van der Waals surface area contributed by atoms with Crippen LogP contribution in [0.5, 0.6) is 0 Å². The van der Waals surface area contributed by atoms with Crippen LogP contribution in [0.2, 0.25) is 0 Å². The number of furan rings is 1. The Hall–Kier alpha value is -2.06. The fourth-order valence-corrected chi connectivity index (χ4v) is 2.88. The van der Waals surface area contributed by atoms with E-state index < -0.39 is 0 Å². The molecule has 0 aliphatic rings. The molecule has 3 rings (SSSR count). The van der Waals surface area contributed by atoms with Gasteiger partial charge in [0.1, 0.15) is 11.3 Å². The zero-order valence-electron chi connectivity index (χ0n) is 12.4. The molecule has 2 N–H and O–H groups in total. The average molecular weight is 279 g/mol. The van der Waals surface area contributed by atoms with Gasteiger partial charge in [-0.05, 0) is 36.1 Å². The molecule has 2 aromatic carbocycles. The van der Waals surface area contributed by atoms with E-state index in [-0.39, 0.29) is 0 Å². The molecule has 3 aromatic rings. The average Bonchev–Trinajstić information content (AvgIpc) is 2.86. The van der Waals surface area contributed by atoms with Crippen LogP contribution in [0.4, 0.5) is 0 Å². The highest BCUT2D eigenvalue weighted by atomic mass is 16.3. The van der Waals surface area contributed by atoms with E-state index in [1.807, 2.05) is 0 Å². The molecule has 0 saturated heterocycles. The van der Waals surface area contributed by atoms with E-state index in [0.717, 1.165) is 30.6 Å². The summed E-state index contributed by atoms with van der Waals surface area (Å²) in [5, 5.41) is 1.23. The van der Waals surface area contributed by atoms with Crippen molar-refractivity contribution in [2.24, 2.45) is 5.73 Å². The molecule has 0 unspecified atom stereocenters. The van der Waals surface area contributed by atoms with Gasteiger partial charge in [-0.1, -0.05) is 49.7 Å². The Morgan fingerprint density at radius 2 is 1.81 bits per heavy atom. The van der Waals surface area contributed by atoms with E-state index in [2.05, 4.69) is 55.5 Å². The van der Waals surface area contributed by atoms with Crippen LogP contribution in [0.15, 0.2) is 52.9 Å². The summed E-state index contributed by atoms with van der Waals surface area (Å²) in [5.74, 6) is 0.934. The quantitative estimate of drug-likeness (QED) is 0.750. The Labute approximate surface area is 125 Å². The summed E-state index contributed by atoms with van der Waals surface area (Å²) in [6, 6.07) is 17.0. The first-order chi connectivity index (χ1) is 10.3. The number of hydrogen-bond donors (Lipinski definition) is 1. The molecule has 108 valence electrons. The minimum Gasteiger partial charge on any atom is -0.459 e. The highest BCUT2D eigenvalue weighted by molar-refractivity contribution is 5.83. The van der Waals surface area contributed by atoms with E-state index in [1.165, 1.54) is 22.1 Å². The van der Waals surface area contributed by atoms with Crippen molar-refractivity contribution in [2.45, 2.75) is 32.7 Å². The lowest BCUT2D eigenvalue weighted by molar-refractivity contribution is 0.544. The van der Waals surface area contributed by atoms with Crippen LogP contribution in [0, 0.1) is 0 Å². The third-order valence-electron chi connectivity index (χ3n) is 3.88. The van der Waals surface area contributed by atoms with Crippen molar-refractivity contribution in [3.05, 3.63) is 71.0 Å². The molecule has 0 aliphatic heterocycles. The van der Waals surface area contributed by atoms with E-state index in [9.17, 15) is 0 Å². The lowest BCUT2D eigenvalue weighted by atomic mass is 10.0. The number of aryl methyl sites for hydroxylation is 1. The molecule has 1 aromatic heterocycles. The van der Waals surface area contributed by atoms with Crippen molar-refractivity contribution in [1.29, 1.82) is 0 Å². The van der Waals surface area contributed by atoms with Gasteiger partial charge in [-0.15, -0.1) is 0 Å². The first-order valence-corrected chi connectivity index (χ1v) is 7.59. The second-order valence-electron chi connectivity index (χ2n) is 5.45. The van der Waals surface area contributed by atoms with Gasteiger partial charge in [-0.2, -0.15) is 0 Å². The van der Waals surface area contributed by atoms with Gasteiger partial charge < -0.3 is 10.2 Å². The van der Waals surface area contributed by atoms with Gasteiger partial charge in [0.15, 0.2) is 0 Å². The van der Waals surface area contributed by atoms with E-state index in [0.29, 0.717) is 6.54 Å². The zero-order valence-corrected chi connectivity index (χ0v) is 12.4. The molecule has 0 fully saturated rings. The fraction of sp³-hybridized carbons (Fsp3) is 0.263. The van der Waals surface area contributed by atoms with Crippen LogP contribution in [-0.4, -0.2) is 0 Å². The van der Waals surface area contributed by atoms with Crippen molar-refractivity contribution in [2.75, 3.05) is 0 Å². The summed E-state index contributed by atoms with van der Waals surface area (Å²) in [4.78, 5) is 0. The molecular weight excluding hydrogens is 258 g/mol. The predicted molar refractivity (Wildman–Crippen MR) is 87.3 cm³/mol. The van der Waals surface area contributed by atoms with Crippen molar-refractivity contribution in [1.82, 2.24) is 0 Å². The molecule has 0 radical (unpaired) electrons. The van der Waals surface area contributed by atoms with E-state index in [4.69, 9.17) is 10.2 Å². The van der Waals surface area contributed by atoms with E-state index >= 15 is 0 Å². The fourth-order valence-electron chi connectivity index (χ4n) is 2.88. The standard InChI is InChI=1S/C19H21NO/c1-2-6-16-17-12-15(11-14-7-4-3-5-8-14)9-10-18(17)21-19(16)13-20/h3-5,7-10,12H,2,6,11,13,20H2,1H3. The van der Waals surface area contributed by atoms with Crippen LogP contribution < -0.4 is 5.73 Å². The SMILES string of the molecule is CCCc1c(CN)oc2ccc(Cc3ccccc3)cc12. The molecule has 1 heterocycles. The van der Waals surface area contributed by atoms with Crippen LogP contribution in [0.1, 0.15) is 35.8 Å². The highest BCUT2D eigenvalue weighted by Gasteiger charge is 2.12. The van der Waals surface area contributed by atoms with Gasteiger partial charge in [0, 0.05) is 10.9 Å². The predicted octanol–water partition coefficient (Wildman–Crippen LogP) is 4.43. The lowest BCUT2D eigenvalue weighted by Crippen LogP contribution is -1.98. The zero-order chi connectivity index (χ0) is 14.7. The summed E-state index contributed by atoms with van der Waals surface area (Å²) in [7, 11) is 0. The number of fused-ring (bicyclic) bond motifs is 1. The molecule has 0 bridgehead atoms. The Bertz CT molecular complexity index is 728. The first kappa shape index (κ1) is 13.9. The van der Waals surface area contributed by atoms with Crippen molar-refractivity contribution < 1.29 is 4.42 Å². The summed E-state index contributed by atoms with van der Waals surface area (Å²) >= 11 is 0. The second-order valence-corrected chi connectivity index (χ2v) is 5.45. The highest BCUT2D eigenvalue weighted by Crippen LogP contribution is 2.28. The van der Waals surface area contributed by atoms with Gasteiger partial charge in [-0.25, -0.2) is 0 Å². The van der Waals surface area contributed by atoms with Gasteiger partial charge in [0.05, 0.1) is 6.54 Å². The summed E-state index contributed by atoms with van der Waals surface area (Å²) in [6.07, 6.45) is 3.07. The number of nitrogens with two attached hydrogens (primary N) is 1. The summed E-state index contributed by atoms with van der Waals surface area (Å²) in [6.45, 7) is 2.66. The Morgan fingerprint density at radius 1 is 1.00 bits per heavy atom.